The highest BCUT2D eigenvalue weighted by atomic mass is 32.2. The summed E-state index contributed by atoms with van der Waals surface area (Å²) in [7, 11) is -0.602. The summed E-state index contributed by atoms with van der Waals surface area (Å²) < 4.78 is 38.9. The van der Waals surface area contributed by atoms with Gasteiger partial charge in [-0.3, -0.25) is 19.4 Å². The third kappa shape index (κ3) is 4.82. The number of benzene rings is 1. The molecular weight excluding hydrogens is 450 g/mol. The highest BCUT2D eigenvalue weighted by Crippen LogP contribution is 2.25. The molecule has 0 spiro atoms. The molecule has 3 heterocycles. The number of nitrogens with one attached hydrogen (secondary N) is 1. The second-order valence-electron chi connectivity index (χ2n) is 7.37. The van der Waals surface area contributed by atoms with E-state index in [2.05, 4.69) is 10.1 Å². The normalized spacial score (nSPS) is 15.2. The Morgan fingerprint density at radius 2 is 1.79 bits per heavy atom. The van der Waals surface area contributed by atoms with E-state index >= 15 is 0 Å². The van der Waals surface area contributed by atoms with E-state index in [-0.39, 0.29) is 10.7 Å². The Balaban J connectivity index is 1.48. The van der Waals surface area contributed by atoms with Gasteiger partial charge >= 0.3 is 5.69 Å². The van der Waals surface area contributed by atoms with E-state index in [0.29, 0.717) is 43.4 Å². The molecular formula is C21H23N5O6S. The number of H-pyrrole nitrogens is 1. The predicted octanol–water partition coefficient (Wildman–Crippen LogP) is 0.825. The monoisotopic (exact) mass is 473 g/mol. The van der Waals surface area contributed by atoms with Crippen LogP contribution in [0.15, 0.2) is 66.5 Å². The van der Waals surface area contributed by atoms with Gasteiger partial charge in [0.05, 0.1) is 24.3 Å². The van der Waals surface area contributed by atoms with Gasteiger partial charge in [-0.25, -0.2) is 13.2 Å². The van der Waals surface area contributed by atoms with Gasteiger partial charge in [0.15, 0.2) is 0 Å². The van der Waals surface area contributed by atoms with Gasteiger partial charge in [-0.15, -0.1) is 0 Å². The van der Waals surface area contributed by atoms with Gasteiger partial charge in [-0.05, 0) is 36.4 Å². The van der Waals surface area contributed by atoms with Crippen molar-refractivity contribution in [3.05, 3.63) is 69.1 Å². The van der Waals surface area contributed by atoms with Crippen LogP contribution < -0.4 is 16.3 Å². The van der Waals surface area contributed by atoms with Gasteiger partial charge in [0, 0.05) is 38.8 Å². The first kappa shape index (κ1) is 22.7. The van der Waals surface area contributed by atoms with E-state index in [1.54, 1.807) is 43.4 Å². The lowest BCUT2D eigenvalue weighted by molar-refractivity contribution is 0.0730. The summed E-state index contributed by atoms with van der Waals surface area (Å²) in [6.07, 6.45) is 1.44. The molecule has 1 fully saturated rings. The topological polar surface area (TPSA) is 130 Å². The molecule has 1 aromatic carbocycles. The van der Waals surface area contributed by atoms with Crippen LogP contribution in [0, 0.1) is 0 Å². The molecule has 12 heteroatoms. The molecule has 2 aromatic heterocycles. The molecule has 1 aliphatic heterocycles. The number of hydrazone groups is 1. The lowest BCUT2D eigenvalue weighted by Gasteiger charge is -2.26. The lowest BCUT2D eigenvalue weighted by Crippen LogP contribution is -2.40. The zero-order chi connectivity index (χ0) is 23.6. The number of aromatic amines is 1. The van der Waals surface area contributed by atoms with Crippen molar-refractivity contribution in [1.82, 2.24) is 13.9 Å². The Kier molecular flexibility index (Phi) is 6.31. The smallest absolute Gasteiger partial charge is 0.329 e. The second kappa shape index (κ2) is 9.17. The summed E-state index contributed by atoms with van der Waals surface area (Å²) in [6, 6.07) is 11.2. The number of hydrogen-bond donors (Lipinski definition) is 1. The number of rotatable bonds is 6. The van der Waals surface area contributed by atoms with Crippen LogP contribution in [0.4, 0.5) is 5.82 Å². The zero-order valence-corrected chi connectivity index (χ0v) is 18.9. The van der Waals surface area contributed by atoms with Crippen molar-refractivity contribution in [2.45, 2.75) is 4.90 Å². The van der Waals surface area contributed by atoms with Crippen LogP contribution in [0.2, 0.25) is 0 Å². The average Bonchev–Trinajstić information content (AvgIpc) is 3.30. The van der Waals surface area contributed by atoms with Crippen LogP contribution in [-0.2, 0) is 21.8 Å². The molecule has 3 aromatic rings. The molecule has 0 radical (unpaired) electrons. The van der Waals surface area contributed by atoms with Crippen LogP contribution in [0.25, 0.3) is 11.3 Å². The van der Waals surface area contributed by atoms with Crippen LogP contribution >= 0.6 is 0 Å². The molecule has 11 nitrogen and oxygen atoms in total. The van der Waals surface area contributed by atoms with Crippen LogP contribution in [-0.4, -0.2) is 61.8 Å². The Morgan fingerprint density at radius 1 is 1.09 bits per heavy atom. The summed E-state index contributed by atoms with van der Waals surface area (Å²) in [6.45, 7) is 1.45. The minimum Gasteiger partial charge on any atom is -0.455 e. The van der Waals surface area contributed by atoms with Crippen molar-refractivity contribution in [3.63, 3.8) is 0 Å². The highest BCUT2D eigenvalue weighted by Gasteiger charge is 2.26. The number of ether oxygens (including phenoxy) is 1. The number of morpholine rings is 1. The van der Waals surface area contributed by atoms with Gasteiger partial charge < -0.3 is 9.15 Å². The van der Waals surface area contributed by atoms with Gasteiger partial charge in [0.2, 0.25) is 10.0 Å². The van der Waals surface area contributed by atoms with Crippen molar-refractivity contribution in [3.8, 4) is 11.3 Å². The molecule has 0 unspecified atom stereocenters. The minimum atomic E-state index is -3.56. The average molecular weight is 474 g/mol. The second-order valence-corrected chi connectivity index (χ2v) is 9.31. The molecule has 0 aliphatic carbocycles. The third-order valence-corrected chi connectivity index (χ3v) is 7.12. The first-order chi connectivity index (χ1) is 15.8. The van der Waals surface area contributed by atoms with Crippen molar-refractivity contribution < 1.29 is 17.6 Å². The van der Waals surface area contributed by atoms with Crippen molar-refractivity contribution in [2.75, 3.05) is 38.4 Å². The number of sulfonamides is 1. The highest BCUT2D eigenvalue weighted by molar-refractivity contribution is 7.89. The maximum Gasteiger partial charge on any atom is 0.329 e. The molecule has 0 saturated carbocycles. The van der Waals surface area contributed by atoms with E-state index in [0.717, 1.165) is 4.57 Å². The summed E-state index contributed by atoms with van der Waals surface area (Å²) in [5, 5.41) is 5.53. The SMILES string of the molecule is CN(N=Cc1ccc(-c2ccc(S(=O)(=O)N3CCOCC3)cc2)o1)c1cc(=O)n(C)c(=O)[nH]1. The largest absolute Gasteiger partial charge is 0.455 e. The fourth-order valence-corrected chi connectivity index (χ4v) is 4.64. The standard InChI is InChI=1S/C21H23N5O6S/c1-24-20(27)13-19(23-21(24)28)25(2)22-14-16-5-8-18(32-16)15-3-6-17(7-4-15)33(29,30)26-9-11-31-12-10-26/h3-8,13-14H,9-12H2,1-2H3,(H,23,28). The summed E-state index contributed by atoms with van der Waals surface area (Å²) >= 11 is 0. The Labute approximate surface area is 189 Å². The van der Waals surface area contributed by atoms with Crippen molar-refractivity contribution in [2.24, 2.45) is 12.1 Å². The molecule has 0 atom stereocenters. The maximum absolute atomic E-state index is 12.7. The first-order valence-electron chi connectivity index (χ1n) is 10.1. The van der Waals surface area contributed by atoms with Gasteiger partial charge in [-0.2, -0.15) is 9.41 Å². The quantitative estimate of drug-likeness (QED) is 0.414. The van der Waals surface area contributed by atoms with Crippen LogP contribution in [0.5, 0.6) is 0 Å². The molecule has 174 valence electrons. The van der Waals surface area contributed by atoms with Gasteiger partial charge in [0.1, 0.15) is 17.3 Å². The first-order valence-corrected chi connectivity index (χ1v) is 11.6. The number of nitrogens with zero attached hydrogens (tertiary/aromatic N) is 4. The van der Waals surface area contributed by atoms with E-state index in [1.165, 1.54) is 28.6 Å². The number of aromatic nitrogens is 2. The molecule has 1 aliphatic rings. The van der Waals surface area contributed by atoms with E-state index in [9.17, 15) is 18.0 Å². The molecule has 1 N–H and O–H groups in total. The maximum atomic E-state index is 12.7. The molecule has 0 bridgehead atoms. The number of furan rings is 1. The van der Waals surface area contributed by atoms with E-state index in [1.807, 2.05) is 0 Å². The third-order valence-electron chi connectivity index (χ3n) is 5.21. The van der Waals surface area contributed by atoms with Gasteiger partial charge in [-0.1, -0.05) is 0 Å². The predicted molar refractivity (Wildman–Crippen MR) is 122 cm³/mol. The Bertz CT molecular complexity index is 1350. The number of hydrogen-bond acceptors (Lipinski definition) is 8. The molecule has 33 heavy (non-hydrogen) atoms. The number of anilines is 1. The van der Waals surface area contributed by atoms with Crippen LogP contribution in [0.3, 0.4) is 0 Å². The van der Waals surface area contributed by atoms with Crippen molar-refractivity contribution >= 4 is 22.1 Å². The summed E-state index contributed by atoms with van der Waals surface area (Å²) in [5.41, 5.74) is -0.283. The summed E-state index contributed by atoms with van der Waals surface area (Å²) in [5.74, 6) is 1.22. The fraction of sp³-hybridized carbons (Fsp3) is 0.286. The lowest BCUT2D eigenvalue weighted by atomic mass is 10.2. The fourth-order valence-electron chi connectivity index (χ4n) is 3.23. The molecule has 4 rings (SSSR count). The van der Waals surface area contributed by atoms with Gasteiger partial charge in [0.25, 0.3) is 5.56 Å². The molecule has 1 saturated heterocycles. The summed E-state index contributed by atoms with van der Waals surface area (Å²) in [4.78, 5) is 26.3. The molecule has 0 amide bonds. The Hall–Kier alpha value is -3.48. The van der Waals surface area contributed by atoms with E-state index in [4.69, 9.17) is 9.15 Å². The van der Waals surface area contributed by atoms with E-state index < -0.39 is 21.3 Å². The van der Waals surface area contributed by atoms with Crippen LogP contribution in [0.1, 0.15) is 5.76 Å². The Morgan fingerprint density at radius 3 is 2.45 bits per heavy atom. The van der Waals surface area contributed by atoms with Crippen molar-refractivity contribution in [1.29, 1.82) is 0 Å². The zero-order valence-electron chi connectivity index (χ0n) is 18.1. The minimum absolute atomic E-state index is 0.214.